The van der Waals surface area contributed by atoms with Gasteiger partial charge in [-0.15, -0.1) is 0 Å². The summed E-state index contributed by atoms with van der Waals surface area (Å²) in [5.41, 5.74) is 1.93. The maximum Gasteiger partial charge on any atom is 0.261 e. The Balaban J connectivity index is 0.000000195. The summed E-state index contributed by atoms with van der Waals surface area (Å²) in [6.07, 6.45) is 0.715. The molecule has 0 spiro atoms. The Kier molecular flexibility index (Phi) is 3.78. The first-order chi connectivity index (χ1) is 6.88. The van der Waals surface area contributed by atoms with Gasteiger partial charge < -0.3 is 5.32 Å². The number of nitrogens with one attached hydrogen (secondary N) is 1. The molecular formula is C9H12FNO3S. The molecule has 15 heavy (non-hydrogen) atoms. The van der Waals surface area contributed by atoms with Gasteiger partial charge in [0.05, 0.1) is 6.26 Å². The lowest BCUT2D eigenvalue weighted by Gasteiger charge is -1.96. The molecule has 1 aliphatic rings. The lowest BCUT2D eigenvalue weighted by molar-refractivity contribution is 0.490. The first kappa shape index (κ1) is 12.1. The fourth-order valence-electron chi connectivity index (χ4n) is 1.29. The summed E-state index contributed by atoms with van der Waals surface area (Å²) in [6, 6.07) is 5.21. The van der Waals surface area contributed by atoms with Crippen LogP contribution in [0.15, 0.2) is 18.2 Å². The summed E-state index contributed by atoms with van der Waals surface area (Å²) >= 11 is 0. The fourth-order valence-corrected chi connectivity index (χ4v) is 1.29. The van der Waals surface area contributed by atoms with Crippen molar-refractivity contribution in [3.05, 3.63) is 35.1 Å². The molecule has 1 aromatic carbocycles. The van der Waals surface area contributed by atoms with Gasteiger partial charge in [0, 0.05) is 18.7 Å². The monoisotopic (exact) mass is 233 g/mol. The number of hydrogen-bond donors (Lipinski definition) is 2. The zero-order chi connectivity index (χ0) is 11.5. The summed E-state index contributed by atoms with van der Waals surface area (Å²) < 4.78 is 38.7. The van der Waals surface area contributed by atoms with Crippen molar-refractivity contribution in [2.45, 2.75) is 13.1 Å². The van der Waals surface area contributed by atoms with Gasteiger partial charge in [-0.3, -0.25) is 4.55 Å². The van der Waals surface area contributed by atoms with Gasteiger partial charge in [-0.1, -0.05) is 12.1 Å². The second-order valence-electron chi connectivity index (χ2n) is 3.21. The van der Waals surface area contributed by atoms with E-state index in [9.17, 15) is 12.8 Å². The van der Waals surface area contributed by atoms with E-state index in [2.05, 4.69) is 5.32 Å². The van der Waals surface area contributed by atoms with Crippen molar-refractivity contribution < 1.29 is 17.4 Å². The van der Waals surface area contributed by atoms with Gasteiger partial charge in [-0.25, -0.2) is 4.39 Å². The Labute approximate surface area is 87.9 Å². The van der Waals surface area contributed by atoms with Gasteiger partial charge in [0.25, 0.3) is 10.1 Å². The van der Waals surface area contributed by atoms with Gasteiger partial charge >= 0.3 is 0 Å². The van der Waals surface area contributed by atoms with Gasteiger partial charge in [-0.2, -0.15) is 8.42 Å². The van der Waals surface area contributed by atoms with Crippen LogP contribution in [0, 0.1) is 5.82 Å². The van der Waals surface area contributed by atoms with E-state index in [0.717, 1.165) is 17.7 Å². The maximum atomic E-state index is 12.9. The number of halogens is 1. The second kappa shape index (κ2) is 4.69. The molecule has 0 amide bonds. The molecule has 4 nitrogen and oxygen atoms in total. The lowest BCUT2D eigenvalue weighted by atomic mass is 10.1. The van der Waals surface area contributed by atoms with E-state index in [1.165, 1.54) is 6.07 Å². The van der Waals surface area contributed by atoms with E-state index >= 15 is 0 Å². The highest BCUT2D eigenvalue weighted by atomic mass is 32.2. The number of fused-ring (bicyclic) bond motifs is 1. The average molecular weight is 233 g/mol. The molecule has 0 bridgehead atoms. The summed E-state index contributed by atoms with van der Waals surface area (Å²) in [7, 11) is -3.67. The minimum atomic E-state index is -3.67. The van der Waals surface area contributed by atoms with Crippen molar-refractivity contribution in [1.29, 1.82) is 0 Å². The first-order valence-corrected chi connectivity index (χ1v) is 6.12. The van der Waals surface area contributed by atoms with Crippen molar-refractivity contribution in [2.75, 3.05) is 6.26 Å². The molecular weight excluding hydrogens is 221 g/mol. The number of hydrogen-bond acceptors (Lipinski definition) is 3. The minimum absolute atomic E-state index is 0.0810. The topological polar surface area (TPSA) is 66.4 Å². The first-order valence-electron chi connectivity index (χ1n) is 4.27. The summed E-state index contributed by atoms with van der Waals surface area (Å²) in [5.74, 6) is -0.0810. The molecule has 0 aromatic heterocycles. The highest BCUT2D eigenvalue weighted by Gasteiger charge is 2.12. The van der Waals surface area contributed by atoms with Crippen LogP contribution in [0.3, 0.4) is 0 Å². The molecule has 0 saturated heterocycles. The van der Waals surface area contributed by atoms with E-state index in [-0.39, 0.29) is 5.82 Å². The molecule has 1 aromatic rings. The molecule has 1 heterocycles. The van der Waals surface area contributed by atoms with Crippen LogP contribution in [0.2, 0.25) is 0 Å². The zero-order valence-corrected chi connectivity index (χ0v) is 9.01. The Morgan fingerprint density at radius 3 is 2.53 bits per heavy atom. The van der Waals surface area contributed by atoms with Crippen LogP contribution in [-0.4, -0.2) is 19.2 Å². The molecule has 0 atom stereocenters. The maximum absolute atomic E-state index is 12.9. The number of rotatable bonds is 0. The van der Waals surface area contributed by atoms with Gasteiger partial charge in [0.1, 0.15) is 5.82 Å². The molecule has 84 valence electrons. The quantitative estimate of drug-likeness (QED) is 0.654. The van der Waals surface area contributed by atoms with Crippen molar-refractivity contribution in [3.63, 3.8) is 0 Å². The highest BCUT2D eigenvalue weighted by Crippen LogP contribution is 2.17. The predicted octanol–water partition coefficient (Wildman–Crippen LogP) is 0.933. The van der Waals surface area contributed by atoms with Crippen LogP contribution in [0.25, 0.3) is 0 Å². The van der Waals surface area contributed by atoms with Crippen molar-refractivity contribution >= 4 is 10.1 Å². The van der Waals surface area contributed by atoms with Crippen LogP contribution in [-0.2, 0) is 23.2 Å². The molecule has 0 unspecified atom stereocenters. The van der Waals surface area contributed by atoms with Gasteiger partial charge in [-0.05, 0) is 11.6 Å². The normalized spacial score (nSPS) is 14.1. The molecule has 6 heteroatoms. The van der Waals surface area contributed by atoms with E-state index in [0.29, 0.717) is 12.8 Å². The smallest absolute Gasteiger partial charge is 0.261 e. The van der Waals surface area contributed by atoms with Gasteiger partial charge in [0.15, 0.2) is 0 Å². The van der Waals surface area contributed by atoms with Crippen molar-refractivity contribution in [3.8, 4) is 0 Å². The van der Waals surface area contributed by atoms with Crippen LogP contribution in [0.4, 0.5) is 4.39 Å². The Morgan fingerprint density at radius 1 is 1.40 bits per heavy atom. The summed E-state index contributed by atoms with van der Waals surface area (Å²) in [6.45, 7) is 1.50. The second-order valence-corrected chi connectivity index (χ2v) is 4.68. The van der Waals surface area contributed by atoms with Crippen LogP contribution < -0.4 is 5.32 Å². The van der Waals surface area contributed by atoms with E-state index < -0.39 is 10.1 Å². The Bertz CT molecular complexity index is 437. The van der Waals surface area contributed by atoms with Crippen LogP contribution in [0.5, 0.6) is 0 Å². The van der Waals surface area contributed by atoms with Gasteiger partial charge in [0.2, 0.25) is 0 Å². The molecule has 2 N–H and O–H groups in total. The summed E-state index contributed by atoms with van der Waals surface area (Å²) in [4.78, 5) is 0. The van der Waals surface area contributed by atoms with Crippen molar-refractivity contribution in [2.24, 2.45) is 0 Å². The Hall–Kier alpha value is -0.980. The third kappa shape index (κ3) is 4.37. The molecule has 0 fully saturated rings. The Morgan fingerprint density at radius 2 is 2.00 bits per heavy atom. The molecule has 1 aliphatic heterocycles. The minimum Gasteiger partial charge on any atom is -0.308 e. The predicted molar refractivity (Wildman–Crippen MR) is 54.4 cm³/mol. The van der Waals surface area contributed by atoms with Crippen LogP contribution in [0.1, 0.15) is 11.1 Å². The zero-order valence-electron chi connectivity index (χ0n) is 8.20. The van der Waals surface area contributed by atoms with E-state index in [4.69, 9.17) is 4.55 Å². The SMILES string of the molecule is CS(=O)(=O)O.Fc1cccc2c1CNC2. The highest BCUT2D eigenvalue weighted by molar-refractivity contribution is 7.85. The largest absolute Gasteiger partial charge is 0.308 e. The molecule has 0 radical (unpaired) electrons. The molecule has 2 rings (SSSR count). The lowest BCUT2D eigenvalue weighted by Crippen LogP contribution is -2.00. The standard InChI is InChI=1S/C8H8FN.CH4O3S/c9-8-3-1-2-6-4-10-5-7(6)8;1-5(2,3)4/h1-3,10H,4-5H2;1H3,(H,2,3,4). The fraction of sp³-hybridized carbons (Fsp3) is 0.333. The van der Waals surface area contributed by atoms with Crippen LogP contribution >= 0.6 is 0 Å². The van der Waals surface area contributed by atoms with E-state index in [1.807, 2.05) is 6.07 Å². The third-order valence-corrected chi connectivity index (χ3v) is 1.83. The number of benzene rings is 1. The molecule has 0 saturated carbocycles. The van der Waals surface area contributed by atoms with Crippen molar-refractivity contribution in [1.82, 2.24) is 5.32 Å². The average Bonchev–Trinajstić information content (AvgIpc) is 2.49. The molecule has 0 aliphatic carbocycles. The third-order valence-electron chi connectivity index (χ3n) is 1.83. The summed E-state index contributed by atoms with van der Waals surface area (Å²) in [5, 5.41) is 3.09. The van der Waals surface area contributed by atoms with E-state index in [1.54, 1.807) is 6.07 Å².